The first-order valence-corrected chi connectivity index (χ1v) is 7.41. The molecule has 1 aliphatic rings. The van der Waals surface area contributed by atoms with Gasteiger partial charge in [0.15, 0.2) is 6.61 Å². The second-order valence-corrected chi connectivity index (χ2v) is 5.39. The van der Waals surface area contributed by atoms with E-state index in [0.29, 0.717) is 18.0 Å². The molecule has 0 aliphatic carbocycles. The summed E-state index contributed by atoms with van der Waals surface area (Å²) >= 11 is 0. The molecule has 2 aromatic rings. The SMILES string of the molecule is Cc1ccccc1CNc1ccc2c(c1)OCC(=O)N2CC#N. The third-order valence-corrected chi connectivity index (χ3v) is 3.88. The molecule has 1 heterocycles. The van der Waals surface area contributed by atoms with Gasteiger partial charge in [-0.15, -0.1) is 0 Å². The van der Waals surface area contributed by atoms with Crippen molar-refractivity contribution < 1.29 is 9.53 Å². The van der Waals surface area contributed by atoms with Crippen molar-refractivity contribution in [3.63, 3.8) is 0 Å². The quantitative estimate of drug-likeness (QED) is 0.882. The predicted molar refractivity (Wildman–Crippen MR) is 88.4 cm³/mol. The maximum absolute atomic E-state index is 11.8. The van der Waals surface area contributed by atoms with Crippen LogP contribution in [0.2, 0.25) is 0 Å². The first-order chi connectivity index (χ1) is 11.2. The van der Waals surface area contributed by atoms with Crippen LogP contribution < -0.4 is 15.0 Å². The van der Waals surface area contributed by atoms with Gasteiger partial charge in [-0.05, 0) is 30.2 Å². The summed E-state index contributed by atoms with van der Waals surface area (Å²) < 4.78 is 5.49. The van der Waals surface area contributed by atoms with Crippen LogP contribution in [0.4, 0.5) is 11.4 Å². The maximum Gasteiger partial charge on any atom is 0.265 e. The molecule has 0 spiro atoms. The van der Waals surface area contributed by atoms with Crippen LogP contribution in [0.1, 0.15) is 11.1 Å². The Kier molecular flexibility index (Phi) is 4.15. The summed E-state index contributed by atoms with van der Waals surface area (Å²) in [5.74, 6) is 0.425. The van der Waals surface area contributed by atoms with Crippen LogP contribution in [0.5, 0.6) is 5.75 Å². The molecule has 1 aliphatic heterocycles. The third-order valence-electron chi connectivity index (χ3n) is 3.88. The molecule has 0 fully saturated rings. The Morgan fingerprint density at radius 1 is 1.30 bits per heavy atom. The van der Waals surface area contributed by atoms with Crippen LogP contribution in [0, 0.1) is 18.3 Å². The number of amides is 1. The van der Waals surface area contributed by atoms with E-state index in [9.17, 15) is 4.79 Å². The van der Waals surface area contributed by atoms with Crippen LogP contribution >= 0.6 is 0 Å². The summed E-state index contributed by atoms with van der Waals surface area (Å²) in [6, 6.07) is 15.8. The van der Waals surface area contributed by atoms with E-state index in [1.807, 2.05) is 36.4 Å². The van der Waals surface area contributed by atoms with Crippen LogP contribution in [-0.4, -0.2) is 19.1 Å². The van der Waals surface area contributed by atoms with E-state index >= 15 is 0 Å². The summed E-state index contributed by atoms with van der Waals surface area (Å²) in [5.41, 5.74) is 4.02. The Bertz CT molecular complexity index is 780. The lowest BCUT2D eigenvalue weighted by atomic mass is 10.1. The van der Waals surface area contributed by atoms with Crippen LogP contribution in [0.3, 0.4) is 0 Å². The van der Waals surface area contributed by atoms with E-state index in [1.54, 1.807) is 0 Å². The molecule has 5 nitrogen and oxygen atoms in total. The van der Waals surface area contributed by atoms with Crippen molar-refractivity contribution in [3.05, 3.63) is 53.6 Å². The summed E-state index contributed by atoms with van der Waals surface area (Å²) in [4.78, 5) is 13.3. The first-order valence-electron chi connectivity index (χ1n) is 7.41. The van der Waals surface area contributed by atoms with Gasteiger partial charge in [0.25, 0.3) is 5.91 Å². The van der Waals surface area contributed by atoms with Crippen LogP contribution in [0.25, 0.3) is 0 Å². The van der Waals surface area contributed by atoms with Gasteiger partial charge >= 0.3 is 0 Å². The normalized spacial score (nSPS) is 13.0. The minimum absolute atomic E-state index is 0.0318. The van der Waals surface area contributed by atoms with E-state index in [2.05, 4.69) is 24.4 Å². The Balaban J connectivity index is 1.78. The van der Waals surface area contributed by atoms with Gasteiger partial charge in [-0.2, -0.15) is 5.26 Å². The molecule has 0 unspecified atom stereocenters. The number of hydrogen-bond donors (Lipinski definition) is 1. The zero-order valence-corrected chi connectivity index (χ0v) is 12.9. The number of hydrogen-bond acceptors (Lipinski definition) is 4. The number of rotatable bonds is 4. The second-order valence-electron chi connectivity index (χ2n) is 5.39. The number of ether oxygens (including phenoxy) is 1. The van der Waals surface area contributed by atoms with Gasteiger partial charge in [-0.3, -0.25) is 9.69 Å². The molecule has 3 rings (SSSR count). The average Bonchev–Trinajstić information content (AvgIpc) is 2.57. The molecule has 2 aromatic carbocycles. The molecule has 0 saturated heterocycles. The molecular weight excluding hydrogens is 290 g/mol. The number of carbonyl (C=O) groups excluding carboxylic acids is 1. The van der Waals surface area contributed by atoms with Gasteiger partial charge in [0.1, 0.15) is 12.3 Å². The molecule has 116 valence electrons. The Labute approximate surface area is 135 Å². The molecule has 1 amide bonds. The van der Waals surface area contributed by atoms with Crippen molar-refractivity contribution in [3.8, 4) is 11.8 Å². The molecule has 0 saturated carbocycles. The Hall–Kier alpha value is -3.00. The zero-order valence-electron chi connectivity index (χ0n) is 12.9. The largest absolute Gasteiger partial charge is 0.481 e. The van der Waals surface area contributed by atoms with E-state index in [0.717, 1.165) is 5.69 Å². The van der Waals surface area contributed by atoms with Crippen LogP contribution in [0.15, 0.2) is 42.5 Å². The maximum atomic E-state index is 11.8. The van der Waals surface area contributed by atoms with Gasteiger partial charge in [0.05, 0.1) is 11.8 Å². The highest BCUT2D eigenvalue weighted by Gasteiger charge is 2.25. The lowest BCUT2D eigenvalue weighted by molar-refractivity contribution is -0.121. The highest BCUT2D eigenvalue weighted by molar-refractivity contribution is 5.98. The van der Waals surface area contributed by atoms with Gasteiger partial charge in [0.2, 0.25) is 0 Å². The smallest absolute Gasteiger partial charge is 0.265 e. The predicted octanol–water partition coefficient (Wildman–Crippen LogP) is 2.86. The van der Waals surface area contributed by atoms with Crippen molar-refractivity contribution in [2.75, 3.05) is 23.4 Å². The monoisotopic (exact) mass is 307 g/mol. The Morgan fingerprint density at radius 2 is 2.13 bits per heavy atom. The van der Waals surface area contributed by atoms with Crippen molar-refractivity contribution in [1.82, 2.24) is 0 Å². The standard InChI is InChI=1S/C18H17N3O2/c1-13-4-2-3-5-14(13)11-20-15-6-7-16-17(10-15)23-12-18(22)21(16)9-8-19/h2-7,10,20H,9,11-12H2,1H3. The summed E-state index contributed by atoms with van der Waals surface area (Å²) in [5, 5.41) is 12.2. The van der Waals surface area contributed by atoms with Crippen LogP contribution in [-0.2, 0) is 11.3 Å². The first kappa shape index (κ1) is 14.9. The number of nitrogens with one attached hydrogen (secondary N) is 1. The van der Waals surface area contributed by atoms with Gasteiger partial charge in [-0.25, -0.2) is 0 Å². The minimum Gasteiger partial charge on any atom is -0.481 e. The lowest BCUT2D eigenvalue weighted by Crippen LogP contribution is -2.38. The molecule has 0 radical (unpaired) electrons. The van der Waals surface area contributed by atoms with E-state index in [-0.39, 0.29) is 19.1 Å². The lowest BCUT2D eigenvalue weighted by Gasteiger charge is -2.27. The highest BCUT2D eigenvalue weighted by atomic mass is 16.5. The highest BCUT2D eigenvalue weighted by Crippen LogP contribution is 2.34. The van der Waals surface area contributed by atoms with E-state index in [4.69, 9.17) is 10.00 Å². The Morgan fingerprint density at radius 3 is 2.91 bits per heavy atom. The molecular formula is C18H17N3O2. The molecule has 0 aromatic heterocycles. The fraction of sp³-hybridized carbons (Fsp3) is 0.222. The van der Waals surface area contributed by atoms with Gasteiger partial charge < -0.3 is 10.1 Å². The number of aryl methyl sites for hydroxylation is 1. The van der Waals surface area contributed by atoms with Gasteiger partial charge in [-0.1, -0.05) is 24.3 Å². The summed E-state index contributed by atoms with van der Waals surface area (Å²) in [6.07, 6.45) is 0. The number of carbonyl (C=O) groups is 1. The topological polar surface area (TPSA) is 65.4 Å². The number of nitrogens with zero attached hydrogens (tertiary/aromatic N) is 2. The molecule has 1 N–H and O–H groups in total. The number of fused-ring (bicyclic) bond motifs is 1. The van der Waals surface area contributed by atoms with Crippen molar-refractivity contribution in [1.29, 1.82) is 5.26 Å². The van der Waals surface area contributed by atoms with E-state index < -0.39 is 0 Å². The minimum atomic E-state index is -0.195. The molecule has 0 atom stereocenters. The number of anilines is 2. The number of nitriles is 1. The molecule has 23 heavy (non-hydrogen) atoms. The van der Waals surface area contributed by atoms with Crippen molar-refractivity contribution in [2.45, 2.75) is 13.5 Å². The van der Waals surface area contributed by atoms with E-state index in [1.165, 1.54) is 16.0 Å². The van der Waals surface area contributed by atoms with Crippen molar-refractivity contribution >= 4 is 17.3 Å². The fourth-order valence-electron chi connectivity index (χ4n) is 2.56. The zero-order chi connectivity index (χ0) is 16.2. The fourth-order valence-corrected chi connectivity index (χ4v) is 2.56. The van der Waals surface area contributed by atoms with Gasteiger partial charge in [0, 0.05) is 18.3 Å². The average molecular weight is 307 g/mol. The number of benzene rings is 2. The third kappa shape index (κ3) is 3.11. The summed E-state index contributed by atoms with van der Waals surface area (Å²) in [7, 11) is 0. The molecule has 5 heteroatoms. The molecule has 0 bridgehead atoms. The summed E-state index contributed by atoms with van der Waals surface area (Å²) in [6.45, 7) is 2.80. The second kappa shape index (κ2) is 6.41. The van der Waals surface area contributed by atoms with Crippen molar-refractivity contribution in [2.24, 2.45) is 0 Å².